The molecule has 4 rings (SSSR count). The van der Waals surface area contributed by atoms with Crippen LogP contribution in [0.4, 0.5) is 11.9 Å². The van der Waals surface area contributed by atoms with E-state index in [9.17, 15) is 4.79 Å². The van der Waals surface area contributed by atoms with E-state index in [1.54, 1.807) is 11.6 Å². The summed E-state index contributed by atoms with van der Waals surface area (Å²) in [5.74, 6) is 0.250. The minimum absolute atomic E-state index is 0.142. The van der Waals surface area contributed by atoms with Gasteiger partial charge in [0.1, 0.15) is 0 Å². The first kappa shape index (κ1) is 12.7. The van der Waals surface area contributed by atoms with E-state index in [0.717, 1.165) is 15.7 Å². The summed E-state index contributed by atoms with van der Waals surface area (Å²) in [5.41, 5.74) is 8.24. The van der Waals surface area contributed by atoms with E-state index in [1.165, 1.54) is 11.3 Å². The van der Waals surface area contributed by atoms with E-state index < -0.39 is 0 Å². The standard InChI is InChI=1S/C14H10N6OS/c15-13-16-5-10-11(19-13)7(6-22-10)12(21)20-14-17-8-3-1-2-4-9(8)18-14/h1-6H,(H2,15,16,19)(H2,17,18,20,21). The Hall–Kier alpha value is -3.00. The minimum Gasteiger partial charge on any atom is -0.368 e. The number of thiophene rings is 1. The lowest BCUT2D eigenvalue weighted by molar-refractivity contribution is 0.102. The monoisotopic (exact) mass is 310 g/mol. The van der Waals surface area contributed by atoms with Crippen LogP contribution in [0.3, 0.4) is 0 Å². The molecule has 4 N–H and O–H groups in total. The number of nitrogen functional groups attached to an aromatic ring is 1. The number of H-pyrrole nitrogens is 1. The quantitative estimate of drug-likeness (QED) is 0.526. The molecule has 0 saturated heterocycles. The van der Waals surface area contributed by atoms with Crippen molar-refractivity contribution in [3.05, 3.63) is 41.4 Å². The number of hydrogen-bond donors (Lipinski definition) is 3. The van der Waals surface area contributed by atoms with Gasteiger partial charge in [-0.3, -0.25) is 10.1 Å². The number of aromatic amines is 1. The lowest BCUT2D eigenvalue weighted by atomic mass is 10.2. The summed E-state index contributed by atoms with van der Waals surface area (Å²) in [6.45, 7) is 0. The zero-order valence-electron chi connectivity index (χ0n) is 11.2. The molecule has 0 atom stereocenters. The van der Waals surface area contributed by atoms with E-state index in [0.29, 0.717) is 17.0 Å². The van der Waals surface area contributed by atoms with Gasteiger partial charge in [0.05, 0.1) is 33.0 Å². The van der Waals surface area contributed by atoms with Gasteiger partial charge in [0.2, 0.25) is 11.9 Å². The van der Waals surface area contributed by atoms with Crippen LogP contribution < -0.4 is 11.1 Å². The molecule has 108 valence electrons. The molecule has 0 aliphatic heterocycles. The first-order chi connectivity index (χ1) is 10.7. The molecule has 8 heteroatoms. The lowest BCUT2D eigenvalue weighted by Crippen LogP contribution is -2.12. The summed E-state index contributed by atoms with van der Waals surface area (Å²) in [4.78, 5) is 27.8. The Labute approximate surface area is 128 Å². The molecule has 0 spiro atoms. The molecule has 1 amide bonds. The van der Waals surface area contributed by atoms with Crippen molar-refractivity contribution in [3.63, 3.8) is 0 Å². The van der Waals surface area contributed by atoms with Crippen molar-refractivity contribution in [1.82, 2.24) is 19.9 Å². The van der Waals surface area contributed by atoms with Gasteiger partial charge in [-0.25, -0.2) is 15.0 Å². The number of carbonyl (C=O) groups excluding carboxylic acids is 1. The highest BCUT2D eigenvalue weighted by Crippen LogP contribution is 2.25. The number of aromatic nitrogens is 4. The molecule has 0 radical (unpaired) electrons. The van der Waals surface area contributed by atoms with E-state index in [1.807, 2.05) is 24.3 Å². The van der Waals surface area contributed by atoms with Crippen LogP contribution in [0.5, 0.6) is 0 Å². The number of para-hydroxylation sites is 2. The lowest BCUT2D eigenvalue weighted by Gasteiger charge is -2.00. The maximum atomic E-state index is 12.4. The van der Waals surface area contributed by atoms with E-state index in [-0.39, 0.29) is 11.9 Å². The molecule has 0 aliphatic carbocycles. The van der Waals surface area contributed by atoms with Crippen molar-refractivity contribution in [2.45, 2.75) is 0 Å². The molecule has 0 fully saturated rings. The Kier molecular flexibility index (Phi) is 2.76. The third kappa shape index (κ3) is 2.06. The SMILES string of the molecule is Nc1ncc2scc(C(=O)Nc3nc4ccccc4[nH]3)c2n1. The van der Waals surface area contributed by atoms with Crippen LogP contribution in [-0.2, 0) is 0 Å². The predicted molar refractivity (Wildman–Crippen MR) is 85.9 cm³/mol. The van der Waals surface area contributed by atoms with Crippen molar-refractivity contribution < 1.29 is 4.79 Å². The molecular formula is C14H10N6OS. The maximum Gasteiger partial charge on any atom is 0.261 e. The third-order valence-electron chi connectivity index (χ3n) is 3.20. The fourth-order valence-corrected chi connectivity index (χ4v) is 3.03. The Morgan fingerprint density at radius 3 is 3.00 bits per heavy atom. The predicted octanol–water partition coefficient (Wildman–Crippen LogP) is 2.40. The third-order valence-corrected chi connectivity index (χ3v) is 4.10. The molecule has 3 aromatic heterocycles. The minimum atomic E-state index is -0.289. The van der Waals surface area contributed by atoms with Crippen molar-refractivity contribution in [2.24, 2.45) is 0 Å². The van der Waals surface area contributed by atoms with Crippen molar-refractivity contribution >= 4 is 50.4 Å². The molecule has 3 heterocycles. The number of hydrogen-bond acceptors (Lipinski definition) is 6. The average molecular weight is 310 g/mol. The van der Waals surface area contributed by atoms with Gasteiger partial charge in [-0.15, -0.1) is 11.3 Å². The zero-order chi connectivity index (χ0) is 15.1. The number of fused-ring (bicyclic) bond motifs is 2. The number of benzene rings is 1. The first-order valence-electron chi connectivity index (χ1n) is 6.46. The highest BCUT2D eigenvalue weighted by Gasteiger charge is 2.15. The van der Waals surface area contributed by atoms with Gasteiger partial charge >= 0.3 is 0 Å². The van der Waals surface area contributed by atoms with Crippen LogP contribution in [0.15, 0.2) is 35.8 Å². The van der Waals surface area contributed by atoms with Gasteiger partial charge in [-0.2, -0.15) is 0 Å². The molecule has 0 aliphatic rings. The van der Waals surface area contributed by atoms with Crippen molar-refractivity contribution in [1.29, 1.82) is 0 Å². The van der Waals surface area contributed by atoms with Crippen molar-refractivity contribution in [2.75, 3.05) is 11.1 Å². The molecule has 0 unspecified atom stereocenters. The summed E-state index contributed by atoms with van der Waals surface area (Å²) in [6.07, 6.45) is 1.61. The van der Waals surface area contributed by atoms with Crippen LogP contribution in [0.2, 0.25) is 0 Å². The second kappa shape index (κ2) is 4.78. The van der Waals surface area contributed by atoms with Gasteiger partial charge in [0.15, 0.2) is 0 Å². The van der Waals surface area contributed by atoms with E-state index in [2.05, 4.69) is 25.3 Å². The van der Waals surface area contributed by atoms with Gasteiger partial charge in [-0.05, 0) is 12.1 Å². The number of nitrogens with two attached hydrogens (primary N) is 1. The summed E-state index contributed by atoms with van der Waals surface area (Å²) < 4.78 is 0.809. The number of rotatable bonds is 2. The molecule has 0 bridgehead atoms. The van der Waals surface area contributed by atoms with Gasteiger partial charge < -0.3 is 10.7 Å². The van der Waals surface area contributed by atoms with Crippen LogP contribution in [0.25, 0.3) is 21.3 Å². The van der Waals surface area contributed by atoms with Gasteiger partial charge in [0.25, 0.3) is 5.91 Å². The largest absolute Gasteiger partial charge is 0.368 e. The average Bonchev–Trinajstić information content (AvgIpc) is 3.09. The fraction of sp³-hybridized carbons (Fsp3) is 0. The summed E-state index contributed by atoms with van der Waals surface area (Å²) in [7, 11) is 0. The Morgan fingerprint density at radius 1 is 1.27 bits per heavy atom. The molecular weight excluding hydrogens is 300 g/mol. The molecule has 4 aromatic rings. The number of anilines is 2. The summed E-state index contributed by atoms with van der Waals surface area (Å²) in [5, 5.41) is 4.48. The Balaban J connectivity index is 1.69. The maximum absolute atomic E-state index is 12.4. The fourth-order valence-electron chi connectivity index (χ4n) is 2.19. The number of nitrogens with zero attached hydrogens (tertiary/aromatic N) is 3. The number of imidazole rings is 1. The topological polar surface area (TPSA) is 110 Å². The van der Waals surface area contributed by atoms with Crippen LogP contribution in [0, 0.1) is 0 Å². The van der Waals surface area contributed by atoms with E-state index in [4.69, 9.17) is 5.73 Å². The number of amides is 1. The second-order valence-corrected chi connectivity index (χ2v) is 5.56. The second-order valence-electron chi connectivity index (χ2n) is 4.65. The first-order valence-corrected chi connectivity index (χ1v) is 7.34. The van der Waals surface area contributed by atoms with E-state index >= 15 is 0 Å². The van der Waals surface area contributed by atoms with Crippen molar-refractivity contribution in [3.8, 4) is 0 Å². The normalized spacial score (nSPS) is 11.1. The van der Waals surface area contributed by atoms with Crippen LogP contribution in [-0.4, -0.2) is 25.8 Å². The van der Waals surface area contributed by atoms with Gasteiger partial charge in [-0.1, -0.05) is 12.1 Å². The van der Waals surface area contributed by atoms with Gasteiger partial charge in [0, 0.05) is 5.38 Å². The van der Waals surface area contributed by atoms with Crippen LogP contribution in [0.1, 0.15) is 10.4 Å². The number of nitrogens with one attached hydrogen (secondary N) is 2. The summed E-state index contributed by atoms with van der Waals surface area (Å²) in [6, 6.07) is 7.56. The highest BCUT2D eigenvalue weighted by molar-refractivity contribution is 7.17. The smallest absolute Gasteiger partial charge is 0.261 e. The molecule has 0 saturated carbocycles. The van der Waals surface area contributed by atoms with Crippen LogP contribution >= 0.6 is 11.3 Å². The highest BCUT2D eigenvalue weighted by atomic mass is 32.1. The summed E-state index contributed by atoms with van der Waals surface area (Å²) >= 11 is 1.39. The Bertz CT molecular complexity index is 972. The number of carbonyl (C=O) groups is 1. The molecule has 22 heavy (non-hydrogen) atoms. The molecule has 7 nitrogen and oxygen atoms in total. The Morgan fingerprint density at radius 2 is 2.14 bits per heavy atom. The zero-order valence-corrected chi connectivity index (χ0v) is 12.0. The molecule has 1 aromatic carbocycles.